The topological polar surface area (TPSA) is 73.1 Å². The smallest absolute Gasteiger partial charge is 0.438 e. The van der Waals surface area contributed by atoms with E-state index in [-0.39, 0.29) is 29.3 Å². The number of halogens is 4. The van der Waals surface area contributed by atoms with Crippen LogP contribution in [0.5, 0.6) is 5.75 Å². The Bertz CT molecular complexity index is 915. The fourth-order valence-corrected chi connectivity index (χ4v) is 3.17. The molecule has 2 aromatic carbocycles. The van der Waals surface area contributed by atoms with Crippen LogP contribution in [-0.2, 0) is 11.2 Å². The van der Waals surface area contributed by atoms with Crippen LogP contribution >= 0.6 is 15.9 Å². The standard InChI is InChI=1S/C19H16BrF3N2O3/c20-14-8-5-12(6-9-14)15-11-18(28,19(21,22)23)25(24-15)17(27)10-7-13-3-1-2-4-16(13)26/h1-6,8-9,26,28H,7,10-11H2/t18-/m0/s1. The number of carbonyl (C=O) groups is 1. The van der Waals surface area contributed by atoms with Crippen molar-refractivity contribution in [3.63, 3.8) is 0 Å². The zero-order valence-electron chi connectivity index (χ0n) is 14.4. The van der Waals surface area contributed by atoms with Gasteiger partial charge in [0, 0.05) is 10.9 Å². The maximum absolute atomic E-state index is 13.6. The van der Waals surface area contributed by atoms with Crippen LogP contribution < -0.4 is 0 Å². The van der Waals surface area contributed by atoms with Gasteiger partial charge in [-0.1, -0.05) is 46.3 Å². The van der Waals surface area contributed by atoms with E-state index in [2.05, 4.69) is 21.0 Å². The van der Waals surface area contributed by atoms with Crippen LogP contribution in [0.2, 0.25) is 0 Å². The van der Waals surface area contributed by atoms with Crippen LogP contribution in [0.4, 0.5) is 13.2 Å². The maximum atomic E-state index is 13.6. The highest BCUT2D eigenvalue weighted by molar-refractivity contribution is 9.10. The summed E-state index contributed by atoms with van der Waals surface area (Å²) in [6, 6.07) is 12.6. The van der Waals surface area contributed by atoms with Gasteiger partial charge < -0.3 is 10.2 Å². The lowest BCUT2D eigenvalue weighted by atomic mass is 10.0. The van der Waals surface area contributed by atoms with Gasteiger partial charge in [-0.2, -0.15) is 23.3 Å². The zero-order chi connectivity index (χ0) is 20.5. The van der Waals surface area contributed by atoms with E-state index in [4.69, 9.17) is 0 Å². The molecule has 0 bridgehead atoms. The number of alkyl halides is 3. The second-order valence-electron chi connectivity index (χ2n) is 6.38. The number of aliphatic hydroxyl groups is 1. The lowest BCUT2D eigenvalue weighted by molar-refractivity contribution is -0.302. The summed E-state index contributed by atoms with van der Waals surface area (Å²) in [5.74, 6) is -1.04. The highest BCUT2D eigenvalue weighted by atomic mass is 79.9. The first-order valence-corrected chi connectivity index (χ1v) is 9.13. The summed E-state index contributed by atoms with van der Waals surface area (Å²) in [4.78, 5) is 12.5. The molecule has 0 aliphatic carbocycles. The Morgan fingerprint density at radius 2 is 1.82 bits per heavy atom. The number of phenolic OH excluding ortho intramolecular Hbond substituents is 1. The molecule has 5 nitrogen and oxygen atoms in total. The molecule has 2 N–H and O–H groups in total. The Kier molecular flexibility index (Phi) is 5.49. The molecule has 0 unspecified atom stereocenters. The lowest BCUT2D eigenvalue weighted by Crippen LogP contribution is -2.56. The number of aryl methyl sites for hydroxylation is 1. The minimum absolute atomic E-state index is 0.0130. The summed E-state index contributed by atoms with van der Waals surface area (Å²) >= 11 is 3.24. The Balaban J connectivity index is 1.86. The summed E-state index contributed by atoms with van der Waals surface area (Å²) in [6.07, 6.45) is -6.29. The number of phenols is 1. The third kappa shape index (κ3) is 3.90. The minimum atomic E-state index is -5.09. The van der Waals surface area contributed by atoms with Gasteiger partial charge in [-0.3, -0.25) is 4.79 Å². The lowest BCUT2D eigenvalue weighted by Gasteiger charge is -2.32. The van der Waals surface area contributed by atoms with E-state index >= 15 is 0 Å². The van der Waals surface area contributed by atoms with Crippen molar-refractivity contribution in [2.24, 2.45) is 5.10 Å². The van der Waals surface area contributed by atoms with E-state index in [1.807, 2.05) is 0 Å². The molecule has 0 saturated heterocycles. The monoisotopic (exact) mass is 456 g/mol. The molecule has 3 rings (SSSR count). The summed E-state index contributed by atoms with van der Waals surface area (Å²) in [6.45, 7) is 0. The summed E-state index contributed by atoms with van der Waals surface area (Å²) in [5, 5.41) is 24.0. The highest BCUT2D eigenvalue weighted by Gasteiger charge is 2.63. The number of para-hydroxylation sites is 1. The fourth-order valence-electron chi connectivity index (χ4n) is 2.90. The number of hydrogen-bond donors (Lipinski definition) is 2. The Labute approximate surface area is 167 Å². The SMILES string of the molecule is O=C(CCc1ccccc1O)N1N=C(c2ccc(Br)cc2)C[C@]1(O)C(F)(F)F. The van der Waals surface area contributed by atoms with Gasteiger partial charge in [-0.05, 0) is 35.7 Å². The summed E-state index contributed by atoms with van der Waals surface area (Å²) in [5.41, 5.74) is -2.65. The van der Waals surface area contributed by atoms with E-state index in [1.54, 1.807) is 42.5 Å². The third-order valence-corrected chi connectivity index (χ3v) is 4.98. The second-order valence-corrected chi connectivity index (χ2v) is 7.29. The minimum Gasteiger partial charge on any atom is -0.508 e. The van der Waals surface area contributed by atoms with Crippen LogP contribution in [0, 0.1) is 0 Å². The van der Waals surface area contributed by atoms with Crippen molar-refractivity contribution < 1.29 is 28.2 Å². The number of nitrogens with zero attached hydrogens (tertiary/aromatic N) is 2. The predicted octanol–water partition coefficient (Wildman–Crippen LogP) is 3.97. The average molecular weight is 457 g/mol. The Hall–Kier alpha value is -2.39. The van der Waals surface area contributed by atoms with Crippen molar-refractivity contribution in [2.45, 2.75) is 31.2 Å². The quantitative estimate of drug-likeness (QED) is 0.730. The van der Waals surface area contributed by atoms with Crippen molar-refractivity contribution in [1.82, 2.24) is 5.01 Å². The Morgan fingerprint density at radius 3 is 2.43 bits per heavy atom. The van der Waals surface area contributed by atoms with Gasteiger partial charge >= 0.3 is 6.18 Å². The van der Waals surface area contributed by atoms with Crippen LogP contribution in [0.15, 0.2) is 58.1 Å². The molecule has 1 aliphatic heterocycles. The number of amides is 1. The van der Waals surface area contributed by atoms with Crippen LogP contribution in [-0.4, -0.2) is 38.7 Å². The largest absolute Gasteiger partial charge is 0.508 e. The molecule has 0 radical (unpaired) electrons. The van der Waals surface area contributed by atoms with Gasteiger partial charge in [-0.15, -0.1) is 0 Å². The van der Waals surface area contributed by atoms with Gasteiger partial charge in [0.2, 0.25) is 5.91 Å². The molecule has 1 amide bonds. The van der Waals surface area contributed by atoms with Crippen molar-refractivity contribution >= 4 is 27.5 Å². The van der Waals surface area contributed by atoms with Crippen LogP contribution in [0.25, 0.3) is 0 Å². The molecule has 0 aromatic heterocycles. The molecule has 9 heteroatoms. The van der Waals surface area contributed by atoms with E-state index < -0.39 is 24.2 Å². The molecule has 1 aliphatic rings. The van der Waals surface area contributed by atoms with Crippen molar-refractivity contribution in [3.8, 4) is 5.75 Å². The number of aromatic hydroxyl groups is 1. The third-order valence-electron chi connectivity index (χ3n) is 4.45. The van der Waals surface area contributed by atoms with E-state index in [0.29, 0.717) is 11.1 Å². The molecule has 0 fully saturated rings. The van der Waals surface area contributed by atoms with Gasteiger partial charge in [0.1, 0.15) is 5.75 Å². The van der Waals surface area contributed by atoms with Gasteiger partial charge in [-0.25, -0.2) is 0 Å². The molecule has 2 aromatic rings. The van der Waals surface area contributed by atoms with Gasteiger partial charge in [0.15, 0.2) is 0 Å². The predicted molar refractivity (Wildman–Crippen MR) is 99.6 cm³/mol. The zero-order valence-corrected chi connectivity index (χ0v) is 16.0. The molecular formula is C19H16BrF3N2O3. The van der Waals surface area contributed by atoms with E-state index in [1.165, 1.54) is 6.07 Å². The van der Waals surface area contributed by atoms with E-state index in [9.17, 15) is 28.2 Å². The first-order chi connectivity index (χ1) is 13.1. The van der Waals surface area contributed by atoms with Crippen molar-refractivity contribution in [2.75, 3.05) is 0 Å². The number of benzene rings is 2. The van der Waals surface area contributed by atoms with Crippen molar-refractivity contribution in [1.29, 1.82) is 0 Å². The van der Waals surface area contributed by atoms with Crippen LogP contribution in [0.3, 0.4) is 0 Å². The number of hydrogen-bond acceptors (Lipinski definition) is 4. The normalized spacial score (nSPS) is 19.6. The molecule has 1 atom stereocenters. The fraction of sp³-hybridized carbons (Fsp3) is 0.263. The van der Waals surface area contributed by atoms with E-state index in [0.717, 1.165) is 4.47 Å². The molecule has 28 heavy (non-hydrogen) atoms. The molecule has 148 valence electrons. The van der Waals surface area contributed by atoms with Crippen molar-refractivity contribution in [3.05, 3.63) is 64.1 Å². The number of carbonyl (C=O) groups excluding carboxylic acids is 1. The van der Waals surface area contributed by atoms with Gasteiger partial charge in [0.05, 0.1) is 12.1 Å². The number of hydrazone groups is 1. The van der Waals surface area contributed by atoms with Gasteiger partial charge in [0.25, 0.3) is 5.72 Å². The first-order valence-electron chi connectivity index (χ1n) is 8.34. The molecular weight excluding hydrogens is 441 g/mol. The molecule has 0 saturated carbocycles. The average Bonchev–Trinajstić information content (AvgIpc) is 3.00. The second kappa shape index (κ2) is 7.56. The summed E-state index contributed by atoms with van der Waals surface area (Å²) in [7, 11) is 0. The highest BCUT2D eigenvalue weighted by Crippen LogP contribution is 2.41. The summed E-state index contributed by atoms with van der Waals surface area (Å²) < 4.78 is 41.4. The molecule has 0 spiro atoms. The molecule has 1 heterocycles. The Morgan fingerprint density at radius 1 is 1.18 bits per heavy atom. The first kappa shape index (κ1) is 20.3. The maximum Gasteiger partial charge on any atom is 0.438 e. The number of rotatable bonds is 4. The van der Waals surface area contributed by atoms with Crippen LogP contribution in [0.1, 0.15) is 24.0 Å².